The van der Waals surface area contributed by atoms with E-state index in [1.54, 1.807) is 6.26 Å². The van der Waals surface area contributed by atoms with Crippen molar-refractivity contribution in [2.75, 3.05) is 13.7 Å². The number of ether oxygens (including phenoxy) is 2. The number of rotatable bonds is 7. The fourth-order valence-corrected chi connectivity index (χ4v) is 5.67. The highest BCUT2D eigenvalue weighted by Crippen LogP contribution is 2.61. The summed E-state index contributed by atoms with van der Waals surface area (Å²) in [6, 6.07) is 2.06. The highest BCUT2D eigenvalue weighted by Gasteiger charge is 2.53. The van der Waals surface area contributed by atoms with Gasteiger partial charge in [-0.3, -0.25) is 9.59 Å². The van der Waals surface area contributed by atoms with E-state index in [1.807, 2.05) is 6.26 Å². The molecule has 4 atom stereocenters. The molecule has 1 aromatic heterocycles. The maximum Gasteiger partial charge on any atom is 0.317 e. The normalized spacial score (nSPS) is 31.5. The number of hydrogen-bond acceptors (Lipinski definition) is 5. The van der Waals surface area contributed by atoms with Crippen LogP contribution in [0.25, 0.3) is 0 Å². The number of furan rings is 1. The van der Waals surface area contributed by atoms with Crippen molar-refractivity contribution in [1.29, 1.82) is 0 Å². The smallest absolute Gasteiger partial charge is 0.317 e. The summed E-state index contributed by atoms with van der Waals surface area (Å²) in [5, 5.41) is 0. The van der Waals surface area contributed by atoms with Gasteiger partial charge in [0.1, 0.15) is 13.0 Å². The predicted molar refractivity (Wildman–Crippen MR) is 110 cm³/mol. The molecule has 1 saturated carbocycles. The Morgan fingerprint density at radius 1 is 1.24 bits per heavy atom. The van der Waals surface area contributed by atoms with E-state index in [-0.39, 0.29) is 23.9 Å². The molecule has 0 N–H and O–H groups in total. The van der Waals surface area contributed by atoms with Gasteiger partial charge in [-0.05, 0) is 78.4 Å². The summed E-state index contributed by atoms with van der Waals surface area (Å²) in [6.07, 6.45) is 12.1. The molecule has 5 nitrogen and oxygen atoms in total. The number of carbonyl (C=O) groups excluding carboxylic acids is 2. The van der Waals surface area contributed by atoms with Crippen molar-refractivity contribution in [2.24, 2.45) is 22.7 Å². The molecule has 0 spiro atoms. The number of aryl methyl sites for hydroxylation is 1. The van der Waals surface area contributed by atoms with Gasteiger partial charge in [0.15, 0.2) is 0 Å². The average molecular weight is 403 g/mol. The second-order valence-electron chi connectivity index (χ2n) is 9.27. The Morgan fingerprint density at radius 3 is 2.72 bits per heavy atom. The molecule has 2 aliphatic carbocycles. The topological polar surface area (TPSA) is 65.7 Å². The molecular formula is C24H34O5. The molecule has 0 unspecified atom stereocenters. The van der Waals surface area contributed by atoms with Gasteiger partial charge >= 0.3 is 11.9 Å². The van der Waals surface area contributed by atoms with Crippen LogP contribution in [0.15, 0.2) is 34.7 Å². The van der Waals surface area contributed by atoms with Crippen molar-refractivity contribution in [3.05, 3.63) is 35.8 Å². The van der Waals surface area contributed by atoms with E-state index in [1.165, 1.54) is 31.1 Å². The third-order valence-corrected chi connectivity index (χ3v) is 7.80. The molecule has 0 aliphatic heterocycles. The van der Waals surface area contributed by atoms with E-state index in [9.17, 15) is 9.59 Å². The maximum absolute atomic E-state index is 12.0. The summed E-state index contributed by atoms with van der Waals surface area (Å²) >= 11 is 0. The molecule has 0 bridgehead atoms. The number of fused-ring (bicyclic) bond motifs is 1. The van der Waals surface area contributed by atoms with Crippen LogP contribution in [0.3, 0.4) is 0 Å². The molecule has 5 heteroatoms. The first-order valence-electron chi connectivity index (χ1n) is 10.7. The molecule has 0 aromatic carbocycles. The number of carbonyl (C=O) groups is 2. The number of esters is 2. The van der Waals surface area contributed by atoms with Crippen LogP contribution in [0.2, 0.25) is 0 Å². The molecule has 1 heterocycles. The average Bonchev–Trinajstić information content (AvgIpc) is 3.22. The van der Waals surface area contributed by atoms with Crippen molar-refractivity contribution in [3.63, 3.8) is 0 Å². The van der Waals surface area contributed by atoms with Crippen LogP contribution in [0.1, 0.15) is 64.9 Å². The van der Waals surface area contributed by atoms with E-state index < -0.39 is 11.9 Å². The molecule has 29 heavy (non-hydrogen) atoms. The molecule has 0 saturated heterocycles. The molecule has 1 fully saturated rings. The fourth-order valence-electron chi connectivity index (χ4n) is 5.67. The second kappa shape index (κ2) is 8.76. The Morgan fingerprint density at radius 2 is 2.03 bits per heavy atom. The van der Waals surface area contributed by atoms with Gasteiger partial charge in [0.2, 0.25) is 0 Å². The second-order valence-corrected chi connectivity index (χ2v) is 9.27. The summed E-state index contributed by atoms with van der Waals surface area (Å²) < 4.78 is 15.3. The molecular weight excluding hydrogens is 368 g/mol. The van der Waals surface area contributed by atoms with Crippen LogP contribution in [-0.4, -0.2) is 25.7 Å². The van der Waals surface area contributed by atoms with Crippen LogP contribution in [0, 0.1) is 22.7 Å². The van der Waals surface area contributed by atoms with Gasteiger partial charge < -0.3 is 13.9 Å². The van der Waals surface area contributed by atoms with Crippen LogP contribution >= 0.6 is 0 Å². The van der Waals surface area contributed by atoms with Gasteiger partial charge in [-0.15, -0.1) is 0 Å². The van der Waals surface area contributed by atoms with Gasteiger partial charge in [-0.2, -0.15) is 0 Å². The molecule has 160 valence electrons. The minimum Gasteiger partial charge on any atom is -0.472 e. The van der Waals surface area contributed by atoms with E-state index >= 15 is 0 Å². The first-order valence-corrected chi connectivity index (χ1v) is 10.7. The molecule has 0 amide bonds. The minimum atomic E-state index is -0.560. The number of methoxy groups -OCH3 is 1. The van der Waals surface area contributed by atoms with Crippen LogP contribution in [0.4, 0.5) is 0 Å². The number of hydrogen-bond donors (Lipinski definition) is 0. The minimum absolute atomic E-state index is 0.0292. The molecule has 2 aliphatic rings. The largest absolute Gasteiger partial charge is 0.472 e. The molecule has 0 radical (unpaired) electrons. The lowest BCUT2D eigenvalue weighted by Crippen LogP contribution is -2.50. The monoisotopic (exact) mass is 402 g/mol. The zero-order chi connectivity index (χ0) is 21.1. The first-order chi connectivity index (χ1) is 13.8. The van der Waals surface area contributed by atoms with Gasteiger partial charge in [0, 0.05) is 0 Å². The zero-order valence-electron chi connectivity index (χ0n) is 18.2. The quantitative estimate of drug-likeness (QED) is 0.361. The Hall–Kier alpha value is -2.04. The van der Waals surface area contributed by atoms with E-state index in [0.29, 0.717) is 11.8 Å². The summed E-state index contributed by atoms with van der Waals surface area (Å²) in [5.41, 5.74) is 2.73. The predicted octanol–water partition coefficient (Wildman–Crippen LogP) is 5.10. The van der Waals surface area contributed by atoms with E-state index in [4.69, 9.17) is 9.15 Å². The van der Waals surface area contributed by atoms with Gasteiger partial charge in [-0.1, -0.05) is 26.8 Å². The van der Waals surface area contributed by atoms with Gasteiger partial charge in [0.05, 0.1) is 19.6 Å². The van der Waals surface area contributed by atoms with Crippen molar-refractivity contribution in [2.45, 2.75) is 65.7 Å². The third-order valence-electron chi connectivity index (χ3n) is 7.80. The zero-order valence-corrected chi connectivity index (χ0v) is 18.2. The molecule has 3 rings (SSSR count). The standard InChI is InChI=1S/C24H34O5/c1-17-8-11-24(3)19(16-29-22(26)14-21(25)27-4)6-5-7-20(24)23(17,2)12-9-18-10-13-28-15-18/h6,10,13,15,17,20H,5,7-9,11-12,14,16H2,1-4H3/t17-,20-,23+,24+/m1/s1. The lowest BCUT2D eigenvalue weighted by molar-refractivity contribution is -0.152. The maximum atomic E-state index is 12.0. The van der Waals surface area contributed by atoms with Gasteiger partial charge in [0.25, 0.3) is 0 Å². The van der Waals surface area contributed by atoms with Crippen LogP contribution < -0.4 is 0 Å². The summed E-state index contributed by atoms with van der Waals surface area (Å²) in [6.45, 7) is 7.46. The van der Waals surface area contributed by atoms with E-state index in [2.05, 4.69) is 37.7 Å². The SMILES string of the molecule is COC(=O)CC(=O)OCC1=CCC[C@@H]2[C@@](C)(CCc3ccoc3)[C@H](C)CC[C@@]12C. The highest BCUT2D eigenvalue weighted by molar-refractivity contribution is 5.91. The van der Waals surface area contributed by atoms with Crippen LogP contribution in [0.5, 0.6) is 0 Å². The lowest BCUT2D eigenvalue weighted by Gasteiger charge is -2.58. The third kappa shape index (κ3) is 4.44. The Kier molecular flexibility index (Phi) is 6.55. The summed E-state index contributed by atoms with van der Waals surface area (Å²) in [4.78, 5) is 23.3. The van der Waals surface area contributed by atoms with Crippen molar-refractivity contribution < 1.29 is 23.5 Å². The Balaban J connectivity index is 1.72. The Labute approximate surface area is 173 Å². The lowest BCUT2D eigenvalue weighted by atomic mass is 9.47. The molecule has 1 aromatic rings. The van der Waals surface area contributed by atoms with Crippen molar-refractivity contribution in [1.82, 2.24) is 0 Å². The highest BCUT2D eigenvalue weighted by atomic mass is 16.5. The summed E-state index contributed by atoms with van der Waals surface area (Å²) in [5.74, 6) is 0.115. The van der Waals surface area contributed by atoms with E-state index in [0.717, 1.165) is 25.7 Å². The Bertz CT molecular complexity index is 749. The fraction of sp³-hybridized carbons (Fsp3) is 0.667. The van der Waals surface area contributed by atoms with Crippen molar-refractivity contribution in [3.8, 4) is 0 Å². The van der Waals surface area contributed by atoms with Gasteiger partial charge in [-0.25, -0.2) is 0 Å². The van der Waals surface area contributed by atoms with Crippen molar-refractivity contribution >= 4 is 11.9 Å². The summed E-state index contributed by atoms with van der Waals surface area (Å²) in [7, 11) is 1.28. The van der Waals surface area contributed by atoms with Crippen LogP contribution in [-0.2, 0) is 25.5 Å². The first kappa shape index (κ1) is 21.7. The number of allylic oxidation sites excluding steroid dienone is 1.